The van der Waals surface area contributed by atoms with Crippen molar-refractivity contribution < 1.29 is 4.79 Å². The van der Waals surface area contributed by atoms with Crippen molar-refractivity contribution in [1.82, 2.24) is 10.2 Å². The number of benzene rings is 1. The zero-order chi connectivity index (χ0) is 12.8. The maximum Gasteiger partial charge on any atom is 0.317 e. The number of carbonyl (C=O) groups is 1. The van der Waals surface area contributed by atoms with Gasteiger partial charge in [0.1, 0.15) is 0 Å². The minimum absolute atomic E-state index is 0.150. The van der Waals surface area contributed by atoms with E-state index in [4.69, 9.17) is 0 Å². The molecule has 1 saturated carbocycles. The summed E-state index contributed by atoms with van der Waals surface area (Å²) in [6, 6.07) is 9.21. The average Bonchev–Trinajstić information content (AvgIpc) is 2.97. The summed E-state index contributed by atoms with van der Waals surface area (Å²) in [7, 11) is 0. The fourth-order valence-corrected chi connectivity index (χ4v) is 4.45. The Morgan fingerprint density at radius 1 is 1.26 bits per heavy atom. The highest BCUT2D eigenvalue weighted by atomic mass is 32.2. The van der Waals surface area contributed by atoms with Crippen LogP contribution in [0.5, 0.6) is 0 Å². The summed E-state index contributed by atoms with van der Waals surface area (Å²) in [6.07, 6.45) is 1.14. The smallest absolute Gasteiger partial charge is 0.317 e. The van der Waals surface area contributed by atoms with Gasteiger partial charge in [0, 0.05) is 36.6 Å². The van der Waals surface area contributed by atoms with Gasteiger partial charge >= 0.3 is 6.03 Å². The van der Waals surface area contributed by atoms with Crippen LogP contribution in [0, 0.1) is 5.92 Å². The Labute approximate surface area is 117 Å². The van der Waals surface area contributed by atoms with Gasteiger partial charge in [-0.05, 0) is 23.5 Å². The summed E-state index contributed by atoms with van der Waals surface area (Å²) in [4.78, 5) is 14.2. The van der Waals surface area contributed by atoms with Crippen molar-refractivity contribution in [3.05, 3.63) is 35.4 Å². The first-order valence-corrected chi connectivity index (χ1v) is 8.21. The Kier molecular flexibility index (Phi) is 2.72. The summed E-state index contributed by atoms with van der Waals surface area (Å²) >= 11 is 1.94. The van der Waals surface area contributed by atoms with E-state index >= 15 is 0 Å². The molecule has 0 aromatic heterocycles. The first-order valence-electron chi connectivity index (χ1n) is 7.05. The molecular formula is C15H18N2OS. The van der Waals surface area contributed by atoms with Crippen LogP contribution in [0.4, 0.5) is 4.79 Å². The molecule has 0 radical (unpaired) electrons. The first kappa shape index (κ1) is 11.6. The minimum Gasteiger partial charge on any atom is -0.334 e. The summed E-state index contributed by atoms with van der Waals surface area (Å²) in [5.41, 5.74) is 2.95. The topological polar surface area (TPSA) is 32.3 Å². The van der Waals surface area contributed by atoms with Crippen molar-refractivity contribution in [1.29, 1.82) is 0 Å². The van der Waals surface area contributed by atoms with E-state index in [2.05, 4.69) is 29.6 Å². The zero-order valence-corrected chi connectivity index (χ0v) is 11.7. The number of amides is 2. The van der Waals surface area contributed by atoms with E-state index in [1.54, 1.807) is 0 Å². The van der Waals surface area contributed by atoms with Gasteiger partial charge in [-0.25, -0.2) is 4.79 Å². The van der Waals surface area contributed by atoms with E-state index in [1.807, 2.05) is 16.7 Å². The van der Waals surface area contributed by atoms with Crippen LogP contribution in [0.2, 0.25) is 0 Å². The van der Waals surface area contributed by atoms with E-state index in [0.29, 0.717) is 17.9 Å². The van der Waals surface area contributed by atoms with Crippen LogP contribution in [0.15, 0.2) is 24.3 Å². The third-order valence-electron chi connectivity index (χ3n) is 4.63. The largest absolute Gasteiger partial charge is 0.334 e. The van der Waals surface area contributed by atoms with E-state index in [1.165, 1.54) is 11.1 Å². The van der Waals surface area contributed by atoms with E-state index < -0.39 is 0 Å². The Bertz CT molecular complexity index is 513. The van der Waals surface area contributed by atoms with Crippen LogP contribution in [0.25, 0.3) is 0 Å². The highest BCUT2D eigenvalue weighted by Gasteiger charge is 2.56. The number of hydrogen-bond acceptors (Lipinski definition) is 2. The Hall–Kier alpha value is -1.16. The minimum atomic E-state index is 0.150. The number of nitrogens with zero attached hydrogens (tertiary/aromatic N) is 1. The molecule has 1 saturated heterocycles. The van der Waals surface area contributed by atoms with Crippen molar-refractivity contribution in [2.24, 2.45) is 5.92 Å². The van der Waals surface area contributed by atoms with Crippen molar-refractivity contribution in [3.63, 3.8) is 0 Å². The van der Waals surface area contributed by atoms with E-state index in [9.17, 15) is 4.79 Å². The molecule has 100 valence electrons. The second-order valence-electron chi connectivity index (χ2n) is 5.67. The van der Waals surface area contributed by atoms with Gasteiger partial charge in [0.25, 0.3) is 0 Å². The molecule has 1 aromatic rings. The van der Waals surface area contributed by atoms with Crippen LogP contribution in [-0.2, 0) is 6.42 Å². The third-order valence-corrected chi connectivity index (χ3v) is 5.57. The molecule has 2 amide bonds. The molecule has 2 fully saturated rings. The van der Waals surface area contributed by atoms with Crippen molar-refractivity contribution in [2.75, 3.05) is 24.6 Å². The molecule has 1 N–H and O–H groups in total. The Morgan fingerprint density at radius 3 is 2.89 bits per heavy atom. The molecular weight excluding hydrogens is 256 g/mol. The van der Waals surface area contributed by atoms with Gasteiger partial charge in [-0.15, -0.1) is 0 Å². The number of thioether (sulfide) groups is 1. The van der Waals surface area contributed by atoms with Crippen molar-refractivity contribution in [3.8, 4) is 0 Å². The summed E-state index contributed by atoms with van der Waals surface area (Å²) in [5, 5.41) is 3.24. The van der Waals surface area contributed by atoms with E-state index in [0.717, 1.165) is 31.0 Å². The number of rotatable bonds is 1. The number of carbonyl (C=O) groups excluding carboxylic acids is 1. The summed E-state index contributed by atoms with van der Waals surface area (Å²) in [6.45, 7) is 1.80. The van der Waals surface area contributed by atoms with Crippen LogP contribution >= 0.6 is 11.8 Å². The molecule has 3 atom stereocenters. The van der Waals surface area contributed by atoms with Gasteiger partial charge in [0.2, 0.25) is 0 Å². The monoisotopic (exact) mass is 274 g/mol. The molecule has 0 bridgehead atoms. The fraction of sp³-hybridized carbons (Fsp3) is 0.533. The lowest BCUT2D eigenvalue weighted by atomic mass is 10.1. The number of hydrogen-bond donors (Lipinski definition) is 1. The summed E-state index contributed by atoms with van der Waals surface area (Å²) < 4.78 is 0. The van der Waals surface area contributed by atoms with Gasteiger partial charge in [-0.1, -0.05) is 24.3 Å². The van der Waals surface area contributed by atoms with E-state index in [-0.39, 0.29) is 6.03 Å². The molecule has 0 spiro atoms. The Balaban J connectivity index is 1.41. The molecule has 0 unspecified atom stereocenters. The lowest BCUT2D eigenvalue weighted by molar-refractivity contribution is 0.202. The standard InChI is InChI=1S/C15H18N2OS/c18-15(17-5-7-19-8-6-17)16-14-12-9-10-3-1-2-4-11(10)13(12)14/h1-4,12-14H,5-9H2,(H,16,18)/t12-,13+,14-/m1/s1. The number of nitrogens with one attached hydrogen (secondary N) is 1. The predicted molar refractivity (Wildman–Crippen MR) is 77.6 cm³/mol. The normalized spacial score (nSPS) is 31.6. The van der Waals surface area contributed by atoms with Crippen LogP contribution in [-0.4, -0.2) is 41.6 Å². The van der Waals surface area contributed by atoms with Gasteiger partial charge in [0.15, 0.2) is 0 Å². The SMILES string of the molecule is O=C(N[C@@H]1[C@@H]2Cc3ccccc3[C@@H]21)N1CCSCC1. The number of urea groups is 1. The third kappa shape index (κ3) is 1.93. The lowest BCUT2D eigenvalue weighted by Gasteiger charge is -2.27. The van der Waals surface area contributed by atoms with Gasteiger partial charge in [-0.2, -0.15) is 11.8 Å². The Morgan fingerprint density at radius 2 is 2.05 bits per heavy atom. The summed E-state index contributed by atoms with van der Waals surface area (Å²) in [5.74, 6) is 3.39. The highest BCUT2D eigenvalue weighted by Crippen LogP contribution is 2.56. The second-order valence-corrected chi connectivity index (χ2v) is 6.89. The van der Waals surface area contributed by atoms with Crippen molar-refractivity contribution >= 4 is 17.8 Å². The van der Waals surface area contributed by atoms with Crippen LogP contribution < -0.4 is 5.32 Å². The van der Waals surface area contributed by atoms with Gasteiger partial charge in [0.05, 0.1) is 0 Å². The van der Waals surface area contributed by atoms with Gasteiger partial charge in [-0.3, -0.25) is 0 Å². The fourth-order valence-electron chi connectivity index (χ4n) is 3.55. The van der Waals surface area contributed by atoms with Crippen LogP contribution in [0.1, 0.15) is 17.0 Å². The second kappa shape index (κ2) is 4.44. The maximum absolute atomic E-state index is 12.2. The molecule has 1 aliphatic heterocycles. The van der Waals surface area contributed by atoms with Crippen LogP contribution in [0.3, 0.4) is 0 Å². The zero-order valence-electron chi connectivity index (χ0n) is 10.8. The molecule has 3 nitrogen and oxygen atoms in total. The van der Waals surface area contributed by atoms with Crippen molar-refractivity contribution in [2.45, 2.75) is 18.4 Å². The maximum atomic E-state index is 12.2. The number of fused-ring (bicyclic) bond motifs is 3. The van der Waals surface area contributed by atoms with Gasteiger partial charge < -0.3 is 10.2 Å². The highest BCUT2D eigenvalue weighted by molar-refractivity contribution is 7.99. The lowest BCUT2D eigenvalue weighted by Crippen LogP contribution is -2.45. The molecule has 2 aliphatic carbocycles. The quantitative estimate of drug-likeness (QED) is 0.850. The molecule has 1 heterocycles. The first-order chi connectivity index (χ1) is 9.34. The molecule has 4 rings (SSSR count). The predicted octanol–water partition coefficient (Wildman–Crippen LogP) is 2.08. The average molecular weight is 274 g/mol. The molecule has 4 heteroatoms. The molecule has 3 aliphatic rings. The molecule has 1 aromatic carbocycles. The molecule has 19 heavy (non-hydrogen) atoms.